The molecule has 0 fully saturated rings. The van der Waals surface area contributed by atoms with Gasteiger partial charge in [-0.3, -0.25) is 0 Å². The quantitative estimate of drug-likeness (QED) is 0.487. The molecule has 0 radical (unpaired) electrons. The molecule has 0 spiro atoms. The molecule has 2 rings (SSSR count). The van der Waals surface area contributed by atoms with Gasteiger partial charge in [0.2, 0.25) is 5.36 Å². The summed E-state index contributed by atoms with van der Waals surface area (Å²) in [5.74, 6) is 0.814. The molecule has 1 heterocycles. The van der Waals surface area contributed by atoms with E-state index in [0.29, 0.717) is 11.9 Å². The third-order valence-corrected chi connectivity index (χ3v) is 2.50. The first-order chi connectivity index (χ1) is 7.22. The Kier molecular flexibility index (Phi) is 2.46. The minimum absolute atomic E-state index is 0.398. The van der Waals surface area contributed by atoms with E-state index >= 15 is 0 Å². The molecule has 0 unspecified atom stereocenters. The molecule has 0 aromatic heterocycles. The van der Waals surface area contributed by atoms with Crippen LogP contribution in [0.2, 0.25) is 0 Å². The molecule has 1 aliphatic heterocycles. The van der Waals surface area contributed by atoms with E-state index in [1.165, 1.54) is 0 Å². The van der Waals surface area contributed by atoms with Crippen molar-refractivity contribution in [3.8, 4) is 5.75 Å². The average Bonchev–Trinajstić information content (AvgIpc) is 2.40. The van der Waals surface area contributed by atoms with Crippen LogP contribution >= 0.6 is 0 Å². The van der Waals surface area contributed by atoms with Gasteiger partial charge in [0.15, 0.2) is 6.54 Å². The molecule has 1 aromatic rings. The van der Waals surface area contributed by atoms with Crippen LogP contribution < -0.4 is 20.1 Å². The van der Waals surface area contributed by atoms with Crippen molar-refractivity contribution in [3.63, 3.8) is 0 Å². The zero-order valence-electron chi connectivity index (χ0n) is 8.86. The largest absolute Gasteiger partial charge is 0.623 e. The summed E-state index contributed by atoms with van der Waals surface area (Å²) < 4.78 is 6.21. The van der Waals surface area contributed by atoms with Crippen LogP contribution in [0.15, 0.2) is 24.3 Å². The van der Waals surface area contributed by atoms with Gasteiger partial charge in [-0.1, -0.05) is 6.08 Å². The number of methoxy groups -OCH3 is 1. The van der Waals surface area contributed by atoms with Crippen LogP contribution in [0.3, 0.4) is 0 Å². The van der Waals surface area contributed by atoms with Gasteiger partial charge in [-0.25, -0.2) is 4.74 Å². The fourth-order valence-electron chi connectivity index (χ4n) is 1.68. The van der Waals surface area contributed by atoms with Crippen LogP contribution in [0.1, 0.15) is 5.56 Å². The molecule has 1 aromatic carbocycles. The highest BCUT2D eigenvalue weighted by atomic mass is 16.5. The van der Waals surface area contributed by atoms with E-state index < -0.39 is 0 Å². The highest BCUT2D eigenvalue weighted by molar-refractivity contribution is 5.42. The van der Waals surface area contributed by atoms with E-state index in [-0.39, 0.29) is 0 Å². The number of hydrogen-bond acceptors (Lipinski definition) is 2. The Morgan fingerprint density at radius 1 is 1.40 bits per heavy atom. The second-order valence-corrected chi connectivity index (χ2v) is 3.54. The van der Waals surface area contributed by atoms with Crippen molar-refractivity contribution in [2.24, 2.45) is 0 Å². The number of hydrogen-bond donors (Lipinski definition) is 0. The molecule has 0 atom stereocenters. The highest BCUT2D eigenvalue weighted by Gasteiger charge is 2.05. The van der Waals surface area contributed by atoms with Gasteiger partial charge in [0.25, 0.3) is 0 Å². The zero-order chi connectivity index (χ0) is 10.8. The second kappa shape index (κ2) is 3.77. The molecule has 0 amide bonds. The van der Waals surface area contributed by atoms with Gasteiger partial charge in [-0.15, -0.1) is 0 Å². The number of hydroxylamine groups is 1. The van der Waals surface area contributed by atoms with Gasteiger partial charge >= 0.3 is 0 Å². The van der Waals surface area contributed by atoms with E-state index in [1.807, 2.05) is 37.3 Å². The van der Waals surface area contributed by atoms with Gasteiger partial charge in [-0.2, -0.15) is 0 Å². The van der Waals surface area contributed by atoms with E-state index in [0.717, 1.165) is 21.3 Å². The summed E-state index contributed by atoms with van der Waals surface area (Å²) in [5.41, 5.74) is 0.979. The molecule has 1 aliphatic rings. The lowest BCUT2D eigenvalue weighted by Crippen LogP contribution is -2.36. The van der Waals surface area contributed by atoms with Crippen LogP contribution in [-0.4, -0.2) is 13.7 Å². The number of fused-ring (bicyclic) bond motifs is 1. The topological polar surface area (TPSA) is 35.3 Å². The first-order valence-corrected chi connectivity index (χ1v) is 4.85. The van der Waals surface area contributed by atoms with Crippen LogP contribution in [0, 0.1) is 12.1 Å². The molecule has 0 bridgehead atoms. The van der Waals surface area contributed by atoms with Crippen molar-refractivity contribution < 1.29 is 4.74 Å². The zero-order valence-corrected chi connectivity index (χ0v) is 8.86. The maximum Gasteiger partial charge on any atom is 0.219 e. The summed E-state index contributed by atoms with van der Waals surface area (Å²) in [6.45, 7) is 2.33. The fraction of sp³-hybridized carbons (Fsp3) is 0.250. The van der Waals surface area contributed by atoms with Gasteiger partial charge in [0, 0.05) is 6.07 Å². The third kappa shape index (κ3) is 1.73. The van der Waals surface area contributed by atoms with Gasteiger partial charge in [0.05, 0.1) is 12.3 Å². The number of ether oxygens (including phenoxy) is 1. The summed E-state index contributed by atoms with van der Waals surface area (Å²) in [4.78, 5) is 0. The first kappa shape index (κ1) is 9.77. The molecule has 78 valence electrons. The Balaban J connectivity index is 2.82. The number of aryl methyl sites for hydroxylation is 1. The molecule has 3 nitrogen and oxygen atoms in total. The predicted octanol–water partition coefficient (Wildman–Crippen LogP) is 0.343. The van der Waals surface area contributed by atoms with Crippen LogP contribution in [-0.2, 0) is 0 Å². The van der Waals surface area contributed by atoms with Crippen molar-refractivity contribution in [2.75, 3.05) is 13.7 Å². The fourth-order valence-corrected chi connectivity index (χ4v) is 1.68. The smallest absolute Gasteiger partial charge is 0.219 e. The molecular formula is C12H13NO2. The van der Waals surface area contributed by atoms with Gasteiger partial charge in [0.1, 0.15) is 5.75 Å². The molecule has 15 heavy (non-hydrogen) atoms. The minimum Gasteiger partial charge on any atom is -0.623 e. The highest BCUT2D eigenvalue weighted by Crippen LogP contribution is 2.10. The molecule has 0 aliphatic carbocycles. The maximum atomic E-state index is 11.7. The van der Waals surface area contributed by atoms with Crippen molar-refractivity contribution in [3.05, 3.63) is 45.6 Å². The van der Waals surface area contributed by atoms with E-state index in [2.05, 4.69) is 0 Å². The van der Waals surface area contributed by atoms with Crippen LogP contribution in [0.25, 0.3) is 6.08 Å². The van der Waals surface area contributed by atoms with E-state index in [4.69, 9.17) is 4.74 Å². The van der Waals surface area contributed by atoms with Gasteiger partial charge < -0.3 is 9.94 Å². The van der Waals surface area contributed by atoms with Crippen LogP contribution in [0.4, 0.5) is 0 Å². The molecule has 0 saturated heterocycles. The normalized spacial score (nSPS) is 14.1. The van der Waals surface area contributed by atoms with E-state index in [1.54, 1.807) is 7.11 Å². The number of allylic oxidation sites excluding steroid dienone is 1. The molecular weight excluding hydrogens is 190 g/mol. The minimum atomic E-state index is 0.398. The maximum absolute atomic E-state index is 11.7. The van der Waals surface area contributed by atoms with Crippen molar-refractivity contribution in [1.82, 2.24) is 4.74 Å². The predicted molar refractivity (Wildman–Crippen MR) is 60.1 cm³/mol. The summed E-state index contributed by atoms with van der Waals surface area (Å²) >= 11 is 0. The summed E-state index contributed by atoms with van der Waals surface area (Å²) in [6, 6.07) is 3.76. The Morgan fingerprint density at radius 3 is 2.93 bits per heavy atom. The monoisotopic (exact) mass is 203 g/mol. The molecule has 3 heteroatoms. The molecule has 0 N–H and O–H groups in total. The Bertz CT molecular complexity index is 529. The SMILES string of the molecule is COc1cc2c(cc1C)=[N+]([O-])CC=CC=2. The first-order valence-electron chi connectivity index (χ1n) is 4.85. The van der Waals surface area contributed by atoms with Crippen molar-refractivity contribution in [2.45, 2.75) is 6.92 Å². The lowest BCUT2D eigenvalue weighted by Gasteiger charge is -2.04. The van der Waals surface area contributed by atoms with Gasteiger partial charge in [-0.05, 0) is 30.7 Å². The Morgan fingerprint density at radius 2 is 2.20 bits per heavy atom. The summed E-state index contributed by atoms with van der Waals surface area (Å²) in [5, 5.41) is 13.3. The molecule has 0 saturated carbocycles. The lowest BCUT2D eigenvalue weighted by molar-refractivity contribution is 0.411. The van der Waals surface area contributed by atoms with Crippen molar-refractivity contribution in [1.29, 1.82) is 0 Å². The third-order valence-electron chi connectivity index (χ3n) is 2.50. The summed E-state index contributed by atoms with van der Waals surface area (Å²) in [6.07, 6.45) is 5.66. The Hall–Kier alpha value is -1.77. The second-order valence-electron chi connectivity index (χ2n) is 3.54. The van der Waals surface area contributed by atoms with Crippen LogP contribution in [0.5, 0.6) is 5.75 Å². The standard InChI is InChI=1S/C12H13NO2/c1-9-7-11-10(8-12(9)15-2)5-3-4-6-13(11)14/h3-5,7-8H,6H2,1-2H3. The summed E-state index contributed by atoms with van der Waals surface area (Å²) in [7, 11) is 1.64. The average molecular weight is 203 g/mol. The van der Waals surface area contributed by atoms with E-state index in [9.17, 15) is 5.21 Å². The number of nitrogens with zero attached hydrogens (tertiary/aromatic N) is 1. The lowest BCUT2D eigenvalue weighted by atomic mass is 10.1. The number of rotatable bonds is 1. The Labute approximate surface area is 88.2 Å². The number of benzene rings is 1. The van der Waals surface area contributed by atoms with Crippen molar-refractivity contribution >= 4 is 6.08 Å².